The summed E-state index contributed by atoms with van der Waals surface area (Å²) in [5.41, 5.74) is 1.77. The number of carbonyl (C=O) groups is 1. The molecule has 0 fully saturated rings. The Kier molecular flexibility index (Phi) is 3.15. The second-order valence-electron chi connectivity index (χ2n) is 3.73. The minimum Gasteiger partial charge on any atom is -0.480 e. The molecule has 0 saturated carbocycles. The molecule has 0 aliphatic carbocycles. The van der Waals surface area contributed by atoms with E-state index in [-0.39, 0.29) is 0 Å². The monoisotopic (exact) mass is 250 g/mol. The lowest BCUT2D eigenvalue weighted by Crippen LogP contribution is -2.15. The normalized spacial score (nSPS) is 12.4. The van der Waals surface area contributed by atoms with Crippen molar-refractivity contribution in [3.05, 3.63) is 41.7 Å². The highest BCUT2D eigenvalue weighted by atomic mass is 35.5. The molecule has 0 radical (unpaired) electrons. The summed E-state index contributed by atoms with van der Waals surface area (Å²) in [7, 11) is 0. The fraction of sp³-hybridized carbons (Fsp3) is 0.167. The van der Waals surface area contributed by atoms with Gasteiger partial charge in [0.05, 0.1) is 6.20 Å². The van der Waals surface area contributed by atoms with Crippen LogP contribution in [-0.2, 0) is 4.79 Å². The highest BCUT2D eigenvalue weighted by Crippen LogP contribution is 2.22. The molecule has 2 aromatic rings. The Morgan fingerprint density at radius 1 is 1.47 bits per heavy atom. The lowest BCUT2D eigenvalue weighted by molar-refractivity contribution is -0.140. The van der Waals surface area contributed by atoms with Crippen LogP contribution in [0.15, 0.2) is 36.7 Å². The van der Waals surface area contributed by atoms with Crippen molar-refractivity contribution in [1.82, 2.24) is 9.78 Å². The van der Waals surface area contributed by atoms with Crippen LogP contribution in [0.2, 0.25) is 5.02 Å². The van der Waals surface area contributed by atoms with Crippen molar-refractivity contribution < 1.29 is 9.90 Å². The van der Waals surface area contributed by atoms with Gasteiger partial charge in [-0.25, -0.2) is 4.79 Å². The fourth-order valence-electron chi connectivity index (χ4n) is 1.48. The van der Waals surface area contributed by atoms with Gasteiger partial charge in [0.15, 0.2) is 0 Å². The Morgan fingerprint density at radius 2 is 2.24 bits per heavy atom. The zero-order valence-corrected chi connectivity index (χ0v) is 9.93. The summed E-state index contributed by atoms with van der Waals surface area (Å²) in [5, 5.41) is 13.6. The number of hydrogen-bond donors (Lipinski definition) is 1. The molecule has 0 aliphatic rings. The van der Waals surface area contributed by atoms with Crippen LogP contribution in [0, 0.1) is 0 Å². The predicted molar refractivity (Wildman–Crippen MR) is 65.0 cm³/mol. The van der Waals surface area contributed by atoms with Gasteiger partial charge in [-0.3, -0.25) is 4.68 Å². The van der Waals surface area contributed by atoms with E-state index in [0.717, 1.165) is 11.1 Å². The van der Waals surface area contributed by atoms with Crippen LogP contribution in [0.25, 0.3) is 11.1 Å². The van der Waals surface area contributed by atoms with Gasteiger partial charge in [-0.15, -0.1) is 0 Å². The molecule has 0 spiro atoms. The van der Waals surface area contributed by atoms with Gasteiger partial charge in [0.1, 0.15) is 6.04 Å². The van der Waals surface area contributed by atoms with E-state index in [0.29, 0.717) is 5.02 Å². The largest absolute Gasteiger partial charge is 0.480 e. The van der Waals surface area contributed by atoms with Crippen LogP contribution in [0.4, 0.5) is 0 Å². The van der Waals surface area contributed by atoms with Crippen molar-refractivity contribution in [1.29, 1.82) is 0 Å². The maximum absolute atomic E-state index is 10.8. The molecule has 17 heavy (non-hydrogen) atoms. The van der Waals surface area contributed by atoms with Gasteiger partial charge < -0.3 is 5.11 Å². The number of benzene rings is 1. The first-order valence-electron chi connectivity index (χ1n) is 5.11. The molecule has 0 amide bonds. The molecule has 88 valence electrons. The Balaban J connectivity index is 2.33. The molecule has 0 saturated heterocycles. The summed E-state index contributed by atoms with van der Waals surface area (Å²) in [6.07, 6.45) is 3.33. The van der Waals surface area contributed by atoms with E-state index < -0.39 is 12.0 Å². The zero-order chi connectivity index (χ0) is 12.4. The van der Waals surface area contributed by atoms with Gasteiger partial charge in [0.2, 0.25) is 0 Å². The number of aliphatic carboxylic acids is 1. The minimum atomic E-state index is -0.911. The number of halogens is 1. The molecule has 1 heterocycles. The van der Waals surface area contributed by atoms with Crippen LogP contribution < -0.4 is 0 Å². The SMILES string of the molecule is CC(C(=O)O)n1cc(-c2cccc(Cl)c2)cn1. The molecule has 1 aromatic carbocycles. The molecule has 2 rings (SSSR count). The van der Waals surface area contributed by atoms with E-state index in [4.69, 9.17) is 16.7 Å². The summed E-state index contributed by atoms with van der Waals surface area (Å²) >= 11 is 5.89. The van der Waals surface area contributed by atoms with Gasteiger partial charge in [0.25, 0.3) is 0 Å². The highest BCUT2D eigenvalue weighted by molar-refractivity contribution is 6.30. The molecule has 1 N–H and O–H groups in total. The van der Waals surface area contributed by atoms with Crippen molar-refractivity contribution in [2.45, 2.75) is 13.0 Å². The molecule has 1 aromatic heterocycles. The summed E-state index contributed by atoms with van der Waals surface area (Å²) in [4.78, 5) is 10.8. The van der Waals surface area contributed by atoms with Gasteiger partial charge >= 0.3 is 5.97 Å². The summed E-state index contributed by atoms with van der Waals surface area (Å²) in [6, 6.07) is 6.67. The van der Waals surface area contributed by atoms with Gasteiger partial charge in [-0.2, -0.15) is 5.10 Å². The number of aromatic nitrogens is 2. The molecule has 4 nitrogen and oxygen atoms in total. The third-order valence-electron chi connectivity index (χ3n) is 2.51. The van der Waals surface area contributed by atoms with Crippen molar-refractivity contribution in [3.8, 4) is 11.1 Å². The van der Waals surface area contributed by atoms with Crippen LogP contribution in [0.3, 0.4) is 0 Å². The Bertz CT molecular complexity index is 551. The van der Waals surface area contributed by atoms with E-state index in [1.54, 1.807) is 25.4 Å². The molecule has 1 atom stereocenters. The zero-order valence-electron chi connectivity index (χ0n) is 9.17. The first-order valence-corrected chi connectivity index (χ1v) is 5.48. The van der Waals surface area contributed by atoms with Crippen LogP contribution in [-0.4, -0.2) is 20.9 Å². The lowest BCUT2D eigenvalue weighted by Gasteiger charge is -2.05. The molecular weight excluding hydrogens is 240 g/mol. The summed E-state index contributed by atoms with van der Waals surface area (Å²) < 4.78 is 1.42. The van der Waals surface area contributed by atoms with Crippen LogP contribution in [0.1, 0.15) is 13.0 Å². The number of nitrogens with zero attached hydrogens (tertiary/aromatic N) is 2. The second-order valence-corrected chi connectivity index (χ2v) is 4.17. The average molecular weight is 251 g/mol. The smallest absolute Gasteiger partial charge is 0.328 e. The van der Waals surface area contributed by atoms with E-state index in [9.17, 15) is 4.79 Å². The van der Waals surface area contributed by atoms with Crippen molar-refractivity contribution in [2.24, 2.45) is 0 Å². The highest BCUT2D eigenvalue weighted by Gasteiger charge is 2.14. The summed E-state index contributed by atoms with van der Waals surface area (Å²) in [5.74, 6) is -0.911. The number of carboxylic acids is 1. The standard InChI is InChI=1S/C12H11ClN2O2/c1-8(12(16)17)15-7-10(6-14-15)9-3-2-4-11(13)5-9/h2-8H,1H3,(H,16,17). The average Bonchev–Trinajstić information content (AvgIpc) is 2.77. The lowest BCUT2D eigenvalue weighted by atomic mass is 10.1. The molecule has 0 bridgehead atoms. The van der Waals surface area contributed by atoms with E-state index in [1.165, 1.54) is 4.68 Å². The Morgan fingerprint density at radius 3 is 2.88 bits per heavy atom. The number of carboxylic acid groups (broad SMARTS) is 1. The quantitative estimate of drug-likeness (QED) is 0.911. The maximum Gasteiger partial charge on any atom is 0.328 e. The Labute approximate surface area is 103 Å². The van der Waals surface area contributed by atoms with Gasteiger partial charge in [-0.05, 0) is 24.6 Å². The first-order chi connectivity index (χ1) is 8.08. The molecular formula is C12H11ClN2O2. The van der Waals surface area contributed by atoms with Gasteiger partial charge in [-0.1, -0.05) is 23.7 Å². The molecule has 1 unspecified atom stereocenters. The Hall–Kier alpha value is -1.81. The van der Waals surface area contributed by atoms with Crippen LogP contribution in [0.5, 0.6) is 0 Å². The van der Waals surface area contributed by atoms with E-state index >= 15 is 0 Å². The minimum absolute atomic E-state index is 0.640. The van der Waals surface area contributed by atoms with Crippen LogP contribution >= 0.6 is 11.6 Å². The number of rotatable bonds is 3. The first kappa shape index (κ1) is 11.7. The van der Waals surface area contributed by atoms with E-state index in [1.807, 2.05) is 18.2 Å². The topological polar surface area (TPSA) is 55.1 Å². The van der Waals surface area contributed by atoms with Crippen molar-refractivity contribution in [3.63, 3.8) is 0 Å². The summed E-state index contributed by atoms with van der Waals surface area (Å²) in [6.45, 7) is 1.58. The molecule has 5 heteroatoms. The third-order valence-corrected chi connectivity index (χ3v) is 2.75. The molecule has 0 aliphatic heterocycles. The van der Waals surface area contributed by atoms with Crippen molar-refractivity contribution in [2.75, 3.05) is 0 Å². The van der Waals surface area contributed by atoms with Crippen molar-refractivity contribution >= 4 is 17.6 Å². The fourth-order valence-corrected chi connectivity index (χ4v) is 1.67. The predicted octanol–water partition coefficient (Wildman–Crippen LogP) is 2.85. The third kappa shape index (κ3) is 2.47. The van der Waals surface area contributed by atoms with E-state index in [2.05, 4.69) is 5.10 Å². The second kappa shape index (κ2) is 4.59. The number of hydrogen-bond acceptors (Lipinski definition) is 2. The maximum atomic E-state index is 10.8. The van der Waals surface area contributed by atoms with Gasteiger partial charge in [0, 0.05) is 16.8 Å².